The number of urea groups is 1. The molecule has 1 aromatic carbocycles. The molecular formula is C15H14N8O3. The van der Waals surface area contributed by atoms with Gasteiger partial charge in [0.2, 0.25) is 11.8 Å². The predicted molar refractivity (Wildman–Crippen MR) is 84.6 cm³/mol. The molecule has 1 saturated heterocycles. The highest BCUT2D eigenvalue weighted by atomic mass is 16.4. The number of aromatic nitrogens is 6. The van der Waals surface area contributed by atoms with Gasteiger partial charge in [-0.25, -0.2) is 9.48 Å². The minimum absolute atomic E-state index is 0.0895. The maximum absolute atomic E-state index is 13.0. The van der Waals surface area contributed by atoms with Crippen molar-refractivity contribution < 1.29 is 14.0 Å². The molecule has 2 aromatic heterocycles. The van der Waals surface area contributed by atoms with Crippen molar-refractivity contribution in [3.05, 3.63) is 47.9 Å². The first-order chi connectivity index (χ1) is 12.5. The summed E-state index contributed by atoms with van der Waals surface area (Å²) in [4.78, 5) is 26.4. The zero-order valence-electron chi connectivity index (χ0n) is 13.9. The molecule has 4 rings (SSSR count). The van der Waals surface area contributed by atoms with Crippen LogP contribution in [0.1, 0.15) is 24.3 Å². The van der Waals surface area contributed by atoms with Gasteiger partial charge in [-0.15, -0.1) is 15.3 Å². The summed E-state index contributed by atoms with van der Waals surface area (Å²) in [5, 5.41) is 21.3. The predicted octanol–water partition coefficient (Wildman–Crippen LogP) is 0.321. The Morgan fingerprint density at radius 1 is 1.27 bits per heavy atom. The summed E-state index contributed by atoms with van der Waals surface area (Å²) in [5.41, 5.74) is 0.0469. The lowest BCUT2D eigenvalue weighted by Crippen LogP contribution is -2.40. The lowest BCUT2D eigenvalue weighted by atomic mass is 9.91. The number of aryl methyl sites for hydroxylation is 1. The zero-order valence-corrected chi connectivity index (χ0v) is 13.9. The second-order valence-electron chi connectivity index (χ2n) is 5.97. The fourth-order valence-corrected chi connectivity index (χ4v) is 2.81. The van der Waals surface area contributed by atoms with Crippen LogP contribution < -0.4 is 5.32 Å². The number of hydrogen-bond donors (Lipinski definition) is 1. The Morgan fingerprint density at radius 3 is 2.81 bits per heavy atom. The van der Waals surface area contributed by atoms with Gasteiger partial charge < -0.3 is 9.73 Å². The number of carbonyl (C=O) groups excluding carboxylic acids is 2. The number of tetrazole rings is 1. The van der Waals surface area contributed by atoms with Gasteiger partial charge in [0.25, 0.3) is 5.91 Å². The van der Waals surface area contributed by atoms with E-state index in [0.29, 0.717) is 17.1 Å². The molecule has 26 heavy (non-hydrogen) atoms. The quantitative estimate of drug-likeness (QED) is 0.663. The van der Waals surface area contributed by atoms with Crippen LogP contribution in [0.3, 0.4) is 0 Å². The summed E-state index contributed by atoms with van der Waals surface area (Å²) in [5.74, 6) is 0.147. The number of rotatable bonds is 4. The van der Waals surface area contributed by atoms with Crippen molar-refractivity contribution in [3.63, 3.8) is 0 Å². The summed E-state index contributed by atoms with van der Waals surface area (Å²) in [6.07, 6.45) is 1.45. The van der Waals surface area contributed by atoms with Crippen LogP contribution in [0.4, 0.5) is 4.79 Å². The van der Waals surface area contributed by atoms with Gasteiger partial charge in [-0.2, -0.15) is 0 Å². The largest absolute Gasteiger partial charge is 0.424 e. The Hall–Kier alpha value is -3.63. The summed E-state index contributed by atoms with van der Waals surface area (Å²) in [7, 11) is 0. The number of carbonyl (C=O) groups is 2. The molecule has 132 valence electrons. The average Bonchev–Trinajstić information content (AvgIpc) is 3.34. The van der Waals surface area contributed by atoms with Gasteiger partial charge in [-0.3, -0.25) is 9.69 Å². The Morgan fingerprint density at radius 2 is 2.12 bits per heavy atom. The van der Waals surface area contributed by atoms with Crippen molar-refractivity contribution in [2.45, 2.75) is 25.9 Å². The first kappa shape index (κ1) is 15.9. The molecule has 1 aliphatic rings. The van der Waals surface area contributed by atoms with Crippen LogP contribution in [0.25, 0.3) is 5.69 Å². The van der Waals surface area contributed by atoms with Gasteiger partial charge in [0.1, 0.15) is 18.4 Å². The van der Waals surface area contributed by atoms with Gasteiger partial charge in [0, 0.05) is 6.92 Å². The van der Waals surface area contributed by atoms with Gasteiger partial charge in [0.15, 0.2) is 0 Å². The third kappa shape index (κ3) is 2.49. The lowest BCUT2D eigenvalue weighted by molar-refractivity contribution is -0.131. The number of nitrogens with one attached hydrogen (secondary N) is 1. The maximum atomic E-state index is 13.0. The fraction of sp³-hybridized carbons (Fsp3) is 0.267. The van der Waals surface area contributed by atoms with E-state index in [1.807, 2.05) is 0 Å². The average molecular weight is 354 g/mol. The van der Waals surface area contributed by atoms with Crippen LogP contribution in [-0.2, 0) is 16.9 Å². The Kier molecular flexibility index (Phi) is 3.49. The topological polar surface area (TPSA) is 132 Å². The summed E-state index contributed by atoms with van der Waals surface area (Å²) in [6.45, 7) is 3.19. The molecule has 0 aliphatic carbocycles. The van der Waals surface area contributed by atoms with E-state index in [2.05, 4.69) is 31.0 Å². The Balaban J connectivity index is 1.65. The van der Waals surface area contributed by atoms with Gasteiger partial charge in [0.05, 0.1) is 5.69 Å². The highest BCUT2D eigenvalue weighted by Gasteiger charge is 2.49. The van der Waals surface area contributed by atoms with Crippen LogP contribution in [0.2, 0.25) is 0 Å². The molecule has 11 heteroatoms. The first-order valence-electron chi connectivity index (χ1n) is 7.74. The van der Waals surface area contributed by atoms with E-state index in [1.165, 1.54) is 11.0 Å². The molecule has 1 atom stereocenters. The molecule has 3 aromatic rings. The van der Waals surface area contributed by atoms with Crippen molar-refractivity contribution in [2.24, 2.45) is 0 Å². The SMILES string of the molecule is Cc1nnc(CN2C(=O)N[C@](C)(c3cccc(-n4cnnn4)c3)C2=O)o1. The van der Waals surface area contributed by atoms with Crippen LogP contribution in [0, 0.1) is 6.92 Å². The number of hydrogen-bond acceptors (Lipinski definition) is 8. The van der Waals surface area contributed by atoms with Gasteiger partial charge in [-0.1, -0.05) is 12.1 Å². The molecular weight excluding hydrogens is 340 g/mol. The van der Waals surface area contributed by atoms with Crippen molar-refractivity contribution in [1.82, 2.24) is 40.6 Å². The molecule has 11 nitrogen and oxygen atoms in total. The van der Waals surface area contributed by atoms with Crippen LogP contribution >= 0.6 is 0 Å². The second-order valence-corrected chi connectivity index (χ2v) is 5.97. The molecule has 1 N–H and O–H groups in total. The van der Waals surface area contributed by atoms with Crippen molar-refractivity contribution >= 4 is 11.9 Å². The van der Waals surface area contributed by atoms with Gasteiger partial charge >= 0.3 is 6.03 Å². The monoisotopic (exact) mass is 354 g/mol. The van der Waals surface area contributed by atoms with E-state index in [0.717, 1.165) is 4.90 Å². The van der Waals surface area contributed by atoms with E-state index in [1.54, 1.807) is 38.1 Å². The summed E-state index contributed by atoms with van der Waals surface area (Å²) < 4.78 is 6.73. The molecule has 0 radical (unpaired) electrons. The normalized spacial score (nSPS) is 19.8. The highest BCUT2D eigenvalue weighted by Crippen LogP contribution is 2.30. The third-order valence-corrected chi connectivity index (χ3v) is 4.17. The second kappa shape index (κ2) is 5.72. The smallest absolute Gasteiger partial charge is 0.325 e. The van der Waals surface area contributed by atoms with E-state index in [9.17, 15) is 9.59 Å². The highest BCUT2D eigenvalue weighted by molar-refractivity contribution is 6.07. The number of benzene rings is 1. The molecule has 1 fully saturated rings. The van der Waals surface area contributed by atoms with Crippen molar-refractivity contribution in [3.8, 4) is 5.69 Å². The molecule has 1 aliphatic heterocycles. The fourth-order valence-electron chi connectivity index (χ4n) is 2.81. The summed E-state index contributed by atoms with van der Waals surface area (Å²) in [6, 6.07) is 6.53. The van der Waals surface area contributed by atoms with Crippen LogP contribution in [0.15, 0.2) is 35.0 Å². The Bertz CT molecular complexity index is 982. The third-order valence-electron chi connectivity index (χ3n) is 4.17. The maximum Gasteiger partial charge on any atom is 0.325 e. The standard InChI is InChI=1S/C15H14N8O3/c1-9-18-19-12(26-9)7-22-13(24)15(2,17-14(22)25)10-4-3-5-11(6-10)23-8-16-20-21-23/h3-6,8H,7H2,1-2H3,(H,17,25)/t15-/m1/s1. The lowest BCUT2D eigenvalue weighted by Gasteiger charge is -2.22. The van der Waals surface area contributed by atoms with Crippen LogP contribution in [-0.4, -0.2) is 47.2 Å². The number of nitrogens with zero attached hydrogens (tertiary/aromatic N) is 7. The first-order valence-corrected chi connectivity index (χ1v) is 7.74. The van der Waals surface area contributed by atoms with E-state index in [-0.39, 0.29) is 12.4 Å². The van der Waals surface area contributed by atoms with E-state index >= 15 is 0 Å². The van der Waals surface area contributed by atoms with Crippen LogP contribution in [0.5, 0.6) is 0 Å². The number of imide groups is 1. The van der Waals surface area contributed by atoms with Gasteiger partial charge in [-0.05, 0) is 35.0 Å². The Labute approximate surface area is 147 Å². The molecule has 0 bridgehead atoms. The molecule has 0 spiro atoms. The molecule has 3 amide bonds. The molecule has 3 heterocycles. The molecule has 0 saturated carbocycles. The minimum atomic E-state index is -1.23. The van der Waals surface area contributed by atoms with E-state index < -0.39 is 17.5 Å². The molecule has 0 unspecified atom stereocenters. The number of amides is 3. The zero-order chi connectivity index (χ0) is 18.3. The minimum Gasteiger partial charge on any atom is -0.424 e. The van der Waals surface area contributed by atoms with Crippen molar-refractivity contribution in [2.75, 3.05) is 0 Å². The van der Waals surface area contributed by atoms with E-state index in [4.69, 9.17) is 4.42 Å². The van der Waals surface area contributed by atoms with Crippen molar-refractivity contribution in [1.29, 1.82) is 0 Å². The summed E-state index contributed by atoms with van der Waals surface area (Å²) >= 11 is 0.